The first-order valence-corrected chi connectivity index (χ1v) is 17.4. The van der Waals surface area contributed by atoms with Gasteiger partial charge in [-0.2, -0.15) is 4.31 Å². The van der Waals surface area contributed by atoms with Crippen LogP contribution in [0.3, 0.4) is 0 Å². The van der Waals surface area contributed by atoms with Gasteiger partial charge in [0.2, 0.25) is 10.0 Å². The summed E-state index contributed by atoms with van der Waals surface area (Å²) < 4.78 is 41.8. The van der Waals surface area contributed by atoms with E-state index in [9.17, 15) is 8.42 Å². The van der Waals surface area contributed by atoms with Gasteiger partial charge in [-0.3, -0.25) is 4.90 Å². The van der Waals surface area contributed by atoms with E-state index in [-0.39, 0.29) is 12.1 Å². The highest BCUT2D eigenvalue weighted by Gasteiger charge is 2.44. The van der Waals surface area contributed by atoms with Gasteiger partial charge in [-0.05, 0) is 91.5 Å². The maximum Gasteiger partial charge on any atom is 0.243 e. The maximum absolute atomic E-state index is 14.3. The van der Waals surface area contributed by atoms with Crippen LogP contribution in [-0.2, 0) is 22.9 Å². The van der Waals surface area contributed by atoms with Crippen LogP contribution in [0.15, 0.2) is 65.6 Å². The van der Waals surface area contributed by atoms with Crippen molar-refractivity contribution in [2.45, 2.75) is 62.9 Å². The number of benzene rings is 3. The summed E-state index contributed by atoms with van der Waals surface area (Å²) in [5.41, 5.74) is 7.13. The van der Waals surface area contributed by atoms with Gasteiger partial charge >= 0.3 is 0 Å². The van der Waals surface area contributed by atoms with Gasteiger partial charge in [-0.1, -0.05) is 49.2 Å². The molecule has 3 aromatic carbocycles. The number of para-hydroxylation sites is 1. The number of nitrogens with one attached hydrogen (secondary N) is 1. The van der Waals surface area contributed by atoms with Crippen LogP contribution < -0.4 is 9.47 Å². The summed E-state index contributed by atoms with van der Waals surface area (Å²) in [7, 11) is -0.304. The zero-order chi connectivity index (χ0) is 30.6. The number of hydrogen-bond acceptors (Lipinski definition) is 5. The molecule has 0 spiro atoms. The lowest BCUT2D eigenvalue weighted by molar-refractivity contribution is 0.0384. The molecule has 7 rings (SSSR count). The van der Waals surface area contributed by atoms with Crippen LogP contribution in [0.1, 0.15) is 66.2 Å². The molecule has 4 atom stereocenters. The van der Waals surface area contributed by atoms with Crippen molar-refractivity contribution in [1.82, 2.24) is 14.2 Å². The minimum absolute atomic E-state index is 0.253. The predicted octanol–water partition coefficient (Wildman–Crippen LogP) is 6.82. The van der Waals surface area contributed by atoms with Crippen LogP contribution in [0.5, 0.6) is 11.5 Å². The van der Waals surface area contributed by atoms with Crippen LogP contribution in [0.25, 0.3) is 10.9 Å². The Morgan fingerprint density at radius 3 is 2.43 bits per heavy atom. The normalized spacial score (nSPS) is 24.0. The molecular formula is C36H43N3O4S. The summed E-state index contributed by atoms with van der Waals surface area (Å²) in [5.74, 6) is 2.40. The number of hydrogen-bond donors (Lipinski definition) is 1. The van der Waals surface area contributed by atoms with E-state index >= 15 is 0 Å². The molecule has 0 radical (unpaired) electrons. The first-order chi connectivity index (χ1) is 21.3. The summed E-state index contributed by atoms with van der Waals surface area (Å²) in [6.07, 6.45) is 4.55. The molecule has 0 aliphatic carbocycles. The maximum atomic E-state index is 14.3. The third-order valence-electron chi connectivity index (χ3n) is 10.6. The number of piperidine rings is 1. The molecule has 0 bridgehead atoms. The van der Waals surface area contributed by atoms with Crippen LogP contribution in [0.2, 0.25) is 0 Å². The quantitative estimate of drug-likeness (QED) is 0.248. The van der Waals surface area contributed by atoms with E-state index in [2.05, 4.69) is 47.1 Å². The number of methoxy groups -OCH3 is 2. The number of sulfonamides is 1. The van der Waals surface area contributed by atoms with Gasteiger partial charge in [0.05, 0.1) is 25.2 Å². The molecule has 0 saturated carbocycles. The largest absolute Gasteiger partial charge is 0.493 e. The summed E-state index contributed by atoms with van der Waals surface area (Å²) in [6, 6.07) is 20.1. The number of aromatic amines is 1. The molecule has 0 unspecified atom stereocenters. The predicted molar refractivity (Wildman–Crippen MR) is 174 cm³/mol. The Balaban J connectivity index is 1.28. The van der Waals surface area contributed by atoms with E-state index in [1.807, 2.05) is 25.1 Å². The fraction of sp³-hybridized carbons (Fsp3) is 0.444. The number of H-pyrrole nitrogens is 1. The average Bonchev–Trinajstić information content (AvgIpc) is 3.43. The second kappa shape index (κ2) is 11.5. The summed E-state index contributed by atoms with van der Waals surface area (Å²) in [4.78, 5) is 6.72. The molecule has 1 saturated heterocycles. The highest BCUT2D eigenvalue weighted by Crippen LogP contribution is 2.49. The number of nitrogens with zero attached hydrogens (tertiary/aromatic N) is 2. The van der Waals surface area contributed by atoms with Crippen LogP contribution >= 0.6 is 0 Å². The molecule has 4 heterocycles. The minimum Gasteiger partial charge on any atom is -0.493 e. The van der Waals surface area contributed by atoms with E-state index in [0.29, 0.717) is 29.7 Å². The number of aryl methyl sites for hydroxylation is 1. The SMILES string of the molecule is CC[C@H]1CN2CCc3cc(OC)c(OC)cc3[C@@H]2C[C@@H]1C[C@@H]1c2[nH]c3ccccc3c2CCN1S(=O)(=O)c1ccc(C)cc1. The topological polar surface area (TPSA) is 74.9 Å². The minimum atomic E-state index is -3.70. The van der Waals surface area contributed by atoms with Crippen LogP contribution in [-0.4, -0.2) is 56.5 Å². The van der Waals surface area contributed by atoms with E-state index in [1.54, 1.807) is 30.7 Å². The summed E-state index contributed by atoms with van der Waals surface area (Å²) in [5, 5.41) is 1.21. The lowest BCUT2D eigenvalue weighted by Crippen LogP contribution is -2.47. The van der Waals surface area contributed by atoms with Crippen molar-refractivity contribution in [3.8, 4) is 11.5 Å². The van der Waals surface area contributed by atoms with Crippen LogP contribution in [0.4, 0.5) is 0 Å². The zero-order valence-electron chi connectivity index (χ0n) is 26.2. The molecule has 1 N–H and O–H groups in total. The zero-order valence-corrected chi connectivity index (χ0v) is 27.0. The van der Waals surface area contributed by atoms with Crippen molar-refractivity contribution >= 4 is 20.9 Å². The smallest absolute Gasteiger partial charge is 0.243 e. The lowest BCUT2D eigenvalue weighted by Gasteiger charge is -2.48. The summed E-state index contributed by atoms with van der Waals surface area (Å²) in [6.45, 7) is 6.81. The fourth-order valence-electron chi connectivity index (χ4n) is 8.21. The van der Waals surface area contributed by atoms with E-state index in [1.165, 1.54) is 22.1 Å². The molecule has 3 aliphatic heterocycles. The Kier molecular flexibility index (Phi) is 7.71. The van der Waals surface area contributed by atoms with Gasteiger partial charge in [0, 0.05) is 42.3 Å². The molecule has 232 valence electrons. The Morgan fingerprint density at radius 1 is 0.932 bits per heavy atom. The fourth-order valence-corrected chi connectivity index (χ4v) is 9.82. The molecule has 0 amide bonds. The highest BCUT2D eigenvalue weighted by molar-refractivity contribution is 7.89. The van der Waals surface area contributed by atoms with Gasteiger partial charge in [-0.25, -0.2) is 8.42 Å². The second-order valence-corrected chi connectivity index (χ2v) is 14.7. The Bertz CT molecular complexity index is 1780. The van der Waals surface area contributed by atoms with E-state index in [4.69, 9.17) is 9.47 Å². The third kappa shape index (κ3) is 4.91. The van der Waals surface area contributed by atoms with Crippen molar-refractivity contribution < 1.29 is 17.9 Å². The highest BCUT2D eigenvalue weighted by atomic mass is 32.2. The molecule has 44 heavy (non-hydrogen) atoms. The Labute approximate surface area is 261 Å². The number of fused-ring (bicyclic) bond motifs is 6. The van der Waals surface area contributed by atoms with Gasteiger partial charge in [0.25, 0.3) is 0 Å². The Morgan fingerprint density at radius 2 is 1.68 bits per heavy atom. The molecule has 1 aromatic heterocycles. The van der Waals surface area contributed by atoms with Crippen molar-refractivity contribution in [2.75, 3.05) is 33.9 Å². The van der Waals surface area contributed by atoms with Crippen molar-refractivity contribution in [3.63, 3.8) is 0 Å². The van der Waals surface area contributed by atoms with Gasteiger partial charge in [0.1, 0.15) is 0 Å². The first-order valence-electron chi connectivity index (χ1n) is 16.0. The van der Waals surface area contributed by atoms with Crippen LogP contribution in [0, 0.1) is 18.8 Å². The molecular weight excluding hydrogens is 570 g/mol. The van der Waals surface area contributed by atoms with Crippen molar-refractivity contribution in [3.05, 3.63) is 88.6 Å². The standard InChI is InChI=1S/C36H43N3O4S/c1-5-24-22-38-16-14-25-20-34(42-3)35(43-4)21-30(25)32(38)18-26(24)19-33-36-29(28-8-6-7-9-31(28)37-36)15-17-39(33)44(40,41)27-12-10-23(2)11-13-27/h6-13,20-21,24,26,32-33,37H,5,14-19,22H2,1-4H3/t24-,26+,32-,33+/m0/s1. The lowest BCUT2D eigenvalue weighted by atomic mass is 9.73. The molecule has 4 aromatic rings. The second-order valence-electron chi connectivity index (χ2n) is 12.8. The number of aromatic nitrogens is 1. The van der Waals surface area contributed by atoms with E-state index in [0.717, 1.165) is 67.0 Å². The van der Waals surface area contributed by atoms with Gasteiger partial charge < -0.3 is 14.5 Å². The van der Waals surface area contributed by atoms with Gasteiger partial charge in [-0.15, -0.1) is 0 Å². The summed E-state index contributed by atoms with van der Waals surface area (Å²) >= 11 is 0. The average molecular weight is 614 g/mol. The molecule has 1 fully saturated rings. The third-order valence-corrected chi connectivity index (χ3v) is 12.5. The van der Waals surface area contributed by atoms with Crippen molar-refractivity contribution in [2.24, 2.45) is 11.8 Å². The van der Waals surface area contributed by atoms with E-state index < -0.39 is 10.0 Å². The molecule has 8 heteroatoms. The molecule has 3 aliphatic rings. The monoisotopic (exact) mass is 613 g/mol. The first kappa shape index (κ1) is 29.4. The van der Waals surface area contributed by atoms with Gasteiger partial charge in [0.15, 0.2) is 11.5 Å². The number of rotatable bonds is 7. The number of ether oxygens (including phenoxy) is 2. The Hall–Kier alpha value is -3.33. The molecule has 7 nitrogen and oxygen atoms in total. The van der Waals surface area contributed by atoms with Crippen molar-refractivity contribution in [1.29, 1.82) is 0 Å².